The Bertz CT molecular complexity index is 3180. The van der Waals surface area contributed by atoms with Gasteiger partial charge in [0.25, 0.3) is 26.1 Å². The molecule has 63 heavy (non-hydrogen) atoms. The van der Waals surface area contributed by atoms with Crippen LogP contribution in [0.2, 0.25) is 0 Å². The number of azo groups is 2. The van der Waals surface area contributed by atoms with E-state index in [9.17, 15) is 31.3 Å². The lowest BCUT2D eigenvalue weighted by atomic mass is 10.1. The summed E-state index contributed by atoms with van der Waals surface area (Å²) in [6.45, 7) is 3.58. The van der Waals surface area contributed by atoms with Gasteiger partial charge in [-0.1, -0.05) is 36.4 Å². The molecule has 16 nitrogen and oxygen atoms in total. The number of fused-ring (bicyclic) bond motifs is 2. The van der Waals surface area contributed by atoms with E-state index in [0.717, 1.165) is 27.9 Å². The summed E-state index contributed by atoms with van der Waals surface area (Å²) in [6, 6.07) is 34.1. The van der Waals surface area contributed by atoms with Crippen LogP contribution < -0.4 is 20.1 Å². The van der Waals surface area contributed by atoms with Crippen LogP contribution in [0.4, 0.5) is 39.8 Å². The summed E-state index contributed by atoms with van der Waals surface area (Å²) in [5, 5.41) is 36.7. The fourth-order valence-corrected chi connectivity index (χ4v) is 7.74. The van der Waals surface area contributed by atoms with E-state index in [0.29, 0.717) is 33.2 Å². The van der Waals surface area contributed by atoms with Crippen molar-refractivity contribution in [3.05, 3.63) is 138 Å². The van der Waals surface area contributed by atoms with Gasteiger partial charge in [-0.05, 0) is 127 Å². The number of phenols is 1. The van der Waals surface area contributed by atoms with Gasteiger partial charge >= 0.3 is 0 Å². The fraction of sp³-hybridized carbons (Fsp3) is 0.133. The molecule has 0 aliphatic heterocycles. The van der Waals surface area contributed by atoms with Crippen molar-refractivity contribution in [1.29, 1.82) is 0 Å². The van der Waals surface area contributed by atoms with Crippen LogP contribution in [-0.4, -0.2) is 56.4 Å². The van der Waals surface area contributed by atoms with E-state index in [2.05, 4.69) is 31.1 Å². The molecule has 322 valence electrons. The van der Waals surface area contributed by atoms with Gasteiger partial charge in [0.2, 0.25) is 0 Å². The topological polar surface area (TPSA) is 238 Å². The van der Waals surface area contributed by atoms with E-state index in [-0.39, 0.29) is 47.2 Å². The highest BCUT2D eigenvalue weighted by atomic mass is 32.2. The average Bonchev–Trinajstić information content (AvgIpc) is 3.24. The van der Waals surface area contributed by atoms with Crippen LogP contribution in [0.15, 0.2) is 147 Å². The van der Waals surface area contributed by atoms with E-state index in [4.69, 9.17) is 14.0 Å². The maximum Gasteiger partial charge on any atom is 0.296 e. The third-order valence-corrected chi connectivity index (χ3v) is 11.5. The number of hydrogen-bond donors (Lipinski definition) is 5. The van der Waals surface area contributed by atoms with E-state index in [1.165, 1.54) is 37.4 Å². The minimum absolute atomic E-state index is 0.00561. The number of rotatable bonds is 15. The minimum atomic E-state index is -4.83. The van der Waals surface area contributed by atoms with Crippen molar-refractivity contribution in [1.82, 2.24) is 0 Å². The predicted octanol–water partition coefficient (Wildman–Crippen LogP) is 11.1. The zero-order valence-corrected chi connectivity index (χ0v) is 35.6. The lowest BCUT2D eigenvalue weighted by Gasteiger charge is -2.14. The number of carbonyl (C=O) groups excluding carboxylic acids is 1. The van der Waals surface area contributed by atoms with E-state index < -0.39 is 36.8 Å². The van der Waals surface area contributed by atoms with Crippen molar-refractivity contribution < 1.29 is 45.3 Å². The van der Waals surface area contributed by atoms with Crippen LogP contribution in [0.3, 0.4) is 0 Å². The molecule has 0 spiro atoms. The smallest absolute Gasteiger partial charge is 0.296 e. The normalized spacial score (nSPS) is 12.0. The number of aryl methyl sites for hydroxylation is 2. The van der Waals surface area contributed by atoms with Crippen LogP contribution in [0.5, 0.6) is 17.2 Å². The molecule has 7 rings (SSSR count). The Morgan fingerprint density at radius 3 is 2.00 bits per heavy atom. The van der Waals surface area contributed by atoms with Gasteiger partial charge in [0.15, 0.2) is 5.75 Å². The second-order valence-corrected chi connectivity index (χ2v) is 17.3. The number of amides is 1. The van der Waals surface area contributed by atoms with E-state index >= 15 is 0 Å². The van der Waals surface area contributed by atoms with Gasteiger partial charge in [0.1, 0.15) is 27.8 Å². The number of nitrogens with one attached hydrogen (secondary N) is 2. The summed E-state index contributed by atoms with van der Waals surface area (Å²) < 4.78 is 77.4. The molecule has 0 aromatic heterocycles. The first-order valence-electron chi connectivity index (χ1n) is 19.2. The molecule has 0 saturated heterocycles. The molecule has 0 saturated carbocycles. The monoisotopic (exact) mass is 888 g/mol. The van der Waals surface area contributed by atoms with Crippen LogP contribution >= 0.6 is 0 Å². The standard InChI is InChI=1S/C45H40N6O10S2/c1-27-22-39(51-49-37-18-13-30-23-33(15-16-34(30)44(37)52)46-32-10-5-4-6-11-32)28(2)21-38(27)50-48-36-17-14-31(24-42(36)60-3)45(53)47-40-26-35-29(25-43(40)63(57,58)59)9-7-12-41(35)61-19-8-20-62(54,55)56/h4-7,9-18,21-26,46,52H,8,19-20H2,1-3H3,(H,47,53)(H,54,55,56)(H,57,58,59). The SMILES string of the molecule is COc1cc(C(=O)Nc2cc3c(OCCCS(=O)(=O)O)cccc3cc2S(=O)(=O)O)ccc1N=Nc1cc(C)c(N=Nc2ccc3cc(Nc4ccccc4)ccc3c2O)cc1C. The average molecular weight is 889 g/mol. The summed E-state index contributed by atoms with van der Waals surface area (Å²) in [4.78, 5) is 13.0. The van der Waals surface area contributed by atoms with Crippen molar-refractivity contribution in [2.24, 2.45) is 20.5 Å². The number of methoxy groups -OCH3 is 1. The molecule has 1 amide bonds. The van der Waals surface area contributed by atoms with Crippen molar-refractivity contribution in [3.8, 4) is 17.2 Å². The largest absolute Gasteiger partial charge is 0.505 e. The first-order valence-corrected chi connectivity index (χ1v) is 22.3. The molecule has 7 aromatic rings. The zero-order chi connectivity index (χ0) is 44.9. The quantitative estimate of drug-likeness (QED) is 0.0368. The van der Waals surface area contributed by atoms with Crippen LogP contribution in [0.1, 0.15) is 27.9 Å². The molecular formula is C45H40N6O10S2. The van der Waals surface area contributed by atoms with Gasteiger partial charge in [-0.2, -0.15) is 27.1 Å². The van der Waals surface area contributed by atoms with Gasteiger partial charge in [-0.15, -0.1) is 10.2 Å². The van der Waals surface area contributed by atoms with Crippen LogP contribution in [0, 0.1) is 13.8 Å². The first kappa shape index (κ1) is 43.8. The zero-order valence-electron chi connectivity index (χ0n) is 34.0. The highest BCUT2D eigenvalue weighted by Gasteiger charge is 2.21. The van der Waals surface area contributed by atoms with Crippen molar-refractivity contribution in [3.63, 3.8) is 0 Å². The first-order chi connectivity index (χ1) is 30.1. The third-order valence-electron chi connectivity index (χ3n) is 9.79. The van der Waals surface area contributed by atoms with Gasteiger partial charge < -0.3 is 25.2 Å². The lowest BCUT2D eigenvalue weighted by molar-refractivity contribution is 0.102. The molecule has 5 N–H and O–H groups in total. The number of nitrogens with zero attached hydrogens (tertiary/aromatic N) is 4. The molecule has 18 heteroatoms. The number of phenolic OH excluding ortho intramolecular Hbond substituents is 1. The molecule has 0 radical (unpaired) electrons. The van der Waals surface area contributed by atoms with Crippen molar-refractivity contribution in [2.75, 3.05) is 30.1 Å². The number of aromatic hydroxyl groups is 1. The Morgan fingerprint density at radius 1 is 0.651 bits per heavy atom. The van der Waals surface area contributed by atoms with E-state index in [1.54, 1.807) is 36.4 Å². The van der Waals surface area contributed by atoms with Gasteiger partial charge in [0.05, 0.1) is 36.5 Å². The molecule has 0 fully saturated rings. The Balaban J connectivity index is 1.07. The molecule has 0 atom stereocenters. The second-order valence-electron chi connectivity index (χ2n) is 14.3. The number of para-hydroxylation sites is 1. The molecule has 0 aliphatic carbocycles. The molecule has 0 aliphatic rings. The molecule has 0 unspecified atom stereocenters. The maximum absolute atomic E-state index is 13.5. The fourth-order valence-electron chi connectivity index (χ4n) is 6.60. The van der Waals surface area contributed by atoms with E-state index in [1.807, 2.05) is 68.4 Å². The Labute approximate surface area is 362 Å². The van der Waals surface area contributed by atoms with Gasteiger partial charge in [-0.3, -0.25) is 13.9 Å². The summed E-state index contributed by atoms with van der Waals surface area (Å²) >= 11 is 0. The number of benzene rings is 7. The van der Waals surface area contributed by atoms with Crippen molar-refractivity contribution >= 4 is 87.5 Å². The second kappa shape index (κ2) is 18.4. The Kier molecular flexibility index (Phi) is 12.8. The molecule has 0 bridgehead atoms. The maximum atomic E-state index is 13.5. The number of hydrogen-bond acceptors (Lipinski definition) is 13. The molecule has 0 heterocycles. The lowest BCUT2D eigenvalue weighted by Crippen LogP contribution is -2.15. The minimum Gasteiger partial charge on any atom is -0.505 e. The van der Waals surface area contributed by atoms with Crippen molar-refractivity contribution in [2.45, 2.75) is 25.2 Å². The highest BCUT2D eigenvalue weighted by molar-refractivity contribution is 7.86. The number of carbonyl (C=O) groups is 1. The number of ether oxygens (including phenoxy) is 2. The summed E-state index contributed by atoms with van der Waals surface area (Å²) in [6.07, 6.45) is -0.0198. The molecular weight excluding hydrogens is 849 g/mol. The summed E-state index contributed by atoms with van der Waals surface area (Å²) in [5.74, 6) is -0.835. The highest BCUT2D eigenvalue weighted by Crippen LogP contribution is 2.39. The summed E-state index contributed by atoms with van der Waals surface area (Å²) in [5.41, 5.74) is 4.78. The Morgan fingerprint density at radius 2 is 1.32 bits per heavy atom. The summed E-state index contributed by atoms with van der Waals surface area (Å²) in [7, 11) is -7.63. The number of anilines is 3. The Hall–Kier alpha value is -7.25. The van der Waals surface area contributed by atoms with Gasteiger partial charge in [-0.25, -0.2) is 0 Å². The third kappa shape index (κ3) is 10.6. The predicted molar refractivity (Wildman–Crippen MR) is 241 cm³/mol. The molecule has 7 aromatic carbocycles. The van der Waals surface area contributed by atoms with Crippen LogP contribution in [-0.2, 0) is 20.2 Å². The van der Waals surface area contributed by atoms with Gasteiger partial charge in [0, 0.05) is 27.7 Å². The van der Waals surface area contributed by atoms with Crippen LogP contribution in [0.25, 0.3) is 21.5 Å².